The van der Waals surface area contributed by atoms with Gasteiger partial charge in [-0.1, -0.05) is 37.3 Å². The van der Waals surface area contributed by atoms with E-state index in [1.807, 2.05) is 49.9 Å². The van der Waals surface area contributed by atoms with Crippen LogP contribution in [0.3, 0.4) is 0 Å². The number of amides is 1. The molecule has 144 valence electrons. The molecule has 5 heteroatoms. The Morgan fingerprint density at radius 1 is 1.19 bits per heavy atom. The third-order valence-corrected chi connectivity index (χ3v) is 5.89. The standard InChI is InChI=1S/C22H28N2O3/c1-14-13-23(11-10-19(14)22(26)27)21(25)20-12-15(2)24(17(20)4)16(3)18-8-6-5-7-9-18/h5-9,12,14,16,19H,10-11,13H2,1-4H3,(H,26,27). The van der Waals surface area contributed by atoms with Gasteiger partial charge in [0.05, 0.1) is 17.5 Å². The summed E-state index contributed by atoms with van der Waals surface area (Å²) in [6, 6.07) is 12.4. The maximum Gasteiger partial charge on any atom is 0.306 e. The molecule has 2 heterocycles. The normalized spacial score (nSPS) is 21.1. The fourth-order valence-electron chi connectivity index (χ4n) is 4.34. The molecule has 1 aromatic carbocycles. The third kappa shape index (κ3) is 3.64. The van der Waals surface area contributed by atoms with Crippen LogP contribution in [0, 0.1) is 25.7 Å². The summed E-state index contributed by atoms with van der Waals surface area (Å²) in [6.07, 6.45) is 0.515. The van der Waals surface area contributed by atoms with E-state index >= 15 is 0 Å². The lowest BCUT2D eigenvalue weighted by Crippen LogP contribution is -2.45. The molecule has 27 heavy (non-hydrogen) atoms. The van der Waals surface area contributed by atoms with Crippen molar-refractivity contribution in [2.45, 2.75) is 40.2 Å². The first-order chi connectivity index (χ1) is 12.8. The number of aliphatic carboxylic acids is 1. The molecule has 1 amide bonds. The number of piperidine rings is 1. The van der Waals surface area contributed by atoms with Gasteiger partial charge in [-0.15, -0.1) is 0 Å². The molecular weight excluding hydrogens is 340 g/mol. The van der Waals surface area contributed by atoms with Gasteiger partial charge < -0.3 is 14.6 Å². The second-order valence-corrected chi connectivity index (χ2v) is 7.70. The average Bonchev–Trinajstić information content (AvgIpc) is 2.95. The van der Waals surface area contributed by atoms with E-state index in [0.717, 1.165) is 17.0 Å². The molecule has 1 saturated heterocycles. The van der Waals surface area contributed by atoms with Gasteiger partial charge in [-0.2, -0.15) is 0 Å². The number of nitrogens with zero attached hydrogens (tertiary/aromatic N) is 2. The molecule has 0 radical (unpaired) electrons. The second kappa shape index (κ2) is 7.59. The quantitative estimate of drug-likeness (QED) is 0.890. The highest BCUT2D eigenvalue weighted by atomic mass is 16.4. The Morgan fingerprint density at radius 3 is 2.44 bits per heavy atom. The summed E-state index contributed by atoms with van der Waals surface area (Å²) in [5.74, 6) is -1.15. The number of carbonyl (C=O) groups excluding carboxylic acids is 1. The summed E-state index contributed by atoms with van der Waals surface area (Å²) in [5.41, 5.74) is 3.94. The fraction of sp³-hybridized carbons (Fsp3) is 0.455. The Bertz CT molecular complexity index is 841. The van der Waals surface area contributed by atoms with E-state index < -0.39 is 5.97 Å². The van der Waals surface area contributed by atoms with E-state index in [1.165, 1.54) is 5.56 Å². The van der Waals surface area contributed by atoms with Crippen LogP contribution < -0.4 is 0 Å². The lowest BCUT2D eigenvalue weighted by molar-refractivity contribution is -0.145. The first-order valence-corrected chi connectivity index (χ1v) is 9.56. The minimum Gasteiger partial charge on any atom is -0.481 e. The lowest BCUT2D eigenvalue weighted by atomic mass is 9.87. The van der Waals surface area contributed by atoms with Crippen LogP contribution in [0.15, 0.2) is 36.4 Å². The Kier molecular flexibility index (Phi) is 5.40. The second-order valence-electron chi connectivity index (χ2n) is 7.70. The van der Waals surface area contributed by atoms with E-state index in [0.29, 0.717) is 19.5 Å². The minimum atomic E-state index is -0.760. The van der Waals surface area contributed by atoms with E-state index in [1.54, 1.807) is 0 Å². The number of carboxylic acids is 1. The van der Waals surface area contributed by atoms with E-state index in [2.05, 4.69) is 23.6 Å². The number of aryl methyl sites for hydroxylation is 1. The van der Waals surface area contributed by atoms with Crippen LogP contribution in [0.4, 0.5) is 0 Å². The van der Waals surface area contributed by atoms with Crippen molar-refractivity contribution in [1.29, 1.82) is 0 Å². The van der Waals surface area contributed by atoms with Gasteiger partial charge in [0.2, 0.25) is 0 Å². The Hall–Kier alpha value is -2.56. The van der Waals surface area contributed by atoms with Crippen molar-refractivity contribution in [2.75, 3.05) is 13.1 Å². The largest absolute Gasteiger partial charge is 0.481 e. The van der Waals surface area contributed by atoms with Gasteiger partial charge in [0.15, 0.2) is 0 Å². The molecular formula is C22H28N2O3. The molecule has 0 spiro atoms. The number of hydrogen-bond acceptors (Lipinski definition) is 2. The Morgan fingerprint density at radius 2 is 1.85 bits per heavy atom. The highest BCUT2D eigenvalue weighted by Gasteiger charge is 2.34. The topological polar surface area (TPSA) is 62.5 Å². The molecule has 3 unspecified atom stereocenters. The highest BCUT2D eigenvalue weighted by molar-refractivity contribution is 5.96. The number of carboxylic acid groups (broad SMARTS) is 1. The molecule has 3 atom stereocenters. The number of hydrogen-bond donors (Lipinski definition) is 1. The molecule has 3 rings (SSSR count). The molecule has 1 N–H and O–H groups in total. The zero-order valence-electron chi connectivity index (χ0n) is 16.5. The van der Waals surface area contributed by atoms with Crippen LogP contribution in [0.2, 0.25) is 0 Å². The summed E-state index contributed by atoms with van der Waals surface area (Å²) in [4.78, 5) is 26.3. The van der Waals surface area contributed by atoms with E-state index in [-0.39, 0.29) is 23.8 Å². The summed E-state index contributed by atoms with van der Waals surface area (Å²) in [6.45, 7) is 9.07. The first-order valence-electron chi connectivity index (χ1n) is 9.56. The Labute approximate surface area is 160 Å². The predicted molar refractivity (Wildman–Crippen MR) is 105 cm³/mol. The molecule has 1 aliphatic rings. The van der Waals surface area contributed by atoms with Crippen molar-refractivity contribution in [3.63, 3.8) is 0 Å². The van der Waals surface area contributed by atoms with Gasteiger partial charge in [-0.05, 0) is 44.7 Å². The predicted octanol–water partition coefficient (Wildman–Crippen LogP) is 3.90. The smallest absolute Gasteiger partial charge is 0.306 e. The zero-order chi connectivity index (χ0) is 19.7. The highest BCUT2D eigenvalue weighted by Crippen LogP contribution is 2.29. The molecule has 1 aromatic heterocycles. The molecule has 1 fully saturated rings. The van der Waals surface area contributed by atoms with Crippen molar-refractivity contribution in [3.05, 3.63) is 58.9 Å². The fourth-order valence-corrected chi connectivity index (χ4v) is 4.34. The number of rotatable bonds is 4. The molecule has 0 aliphatic carbocycles. The van der Waals surface area contributed by atoms with Crippen molar-refractivity contribution in [2.24, 2.45) is 11.8 Å². The van der Waals surface area contributed by atoms with Gasteiger partial charge in [-0.25, -0.2) is 0 Å². The summed E-state index contributed by atoms with van der Waals surface area (Å²) >= 11 is 0. The number of aromatic nitrogens is 1. The number of carbonyl (C=O) groups is 2. The zero-order valence-corrected chi connectivity index (χ0v) is 16.5. The third-order valence-electron chi connectivity index (χ3n) is 5.89. The van der Waals surface area contributed by atoms with Gasteiger partial charge in [0.1, 0.15) is 0 Å². The maximum atomic E-state index is 13.1. The monoisotopic (exact) mass is 368 g/mol. The van der Waals surface area contributed by atoms with Crippen molar-refractivity contribution < 1.29 is 14.7 Å². The summed E-state index contributed by atoms with van der Waals surface area (Å²) in [7, 11) is 0. The van der Waals surface area contributed by atoms with Crippen molar-refractivity contribution >= 4 is 11.9 Å². The maximum absolute atomic E-state index is 13.1. The van der Waals surface area contributed by atoms with Gasteiger partial charge in [-0.3, -0.25) is 9.59 Å². The van der Waals surface area contributed by atoms with Gasteiger partial charge >= 0.3 is 5.97 Å². The molecule has 0 bridgehead atoms. The minimum absolute atomic E-state index is 0.00491. The van der Waals surface area contributed by atoms with Crippen LogP contribution in [0.5, 0.6) is 0 Å². The number of benzene rings is 1. The van der Waals surface area contributed by atoms with Crippen LogP contribution in [-0.2, 0) is 4.79 Å². The van der Waals surface area contributed by atoms with E-state index in [4.69, 9.17) is 0 Å². The van der Waals surface area contributed by atoms with Gasteiger partial charge in [0.25, 0.3) is 5.91 Å². The summed E-state index contributed by atoms with van der Waals surface area (Å²) in [5, 5.41) is 9.30. The molecule has 0 saturated carbocycles. The van der Waals surface area contributed by atoms with Crippen LogP contribution in [-0.4, -0.2) is 39.5 Å². The molecule has 1 aliphatic heterocycles. The Balaban J connectivity index is 1.84. The first kappa shape index (κ1) is 19.2. The van der Waals surface area contributed by atoms with Crippen LogP contribution >= 0.6 is 0 Å². The van der Waals surface area contributed by atoms with Crippen molar-refractivity contribution in [3.8, 4) is 0 Å². The van der Waals surface area contributed by atoms with Gasteiger partial charge in [0, 0.05) is 24.5 Å². The molecule has 2 aromatic rings. The van der Waals surface area contributed by atoms with Crippen molar-refractivity contribution in [1.82, 2.24) is 9.47 Å². The SMILES string of the molecule is Cc1cc(C(=O)N2CCC(C(=O)O)C(C)C2)c(C)n1C(C)c1ccccc1. The van der Waals surface area contributed by atoms with E-state index in [9.17, 15) is 14.7 Å². The average molecular weight is 368 g/mol. The molecule has 5 nitrogen and oxygen atoms in total. The summed E-state index contributed by atoms with van der Waals surface area (Å²) < 4.78 is 2.20. The van der Waals surface area contributed by atoms with Crippen LogP contribution in [0.1, 0.15) is 53.6 Å². The van der Waals surface area contributed by atoms with Crippen LogP contribution in [0.25, 0.3) is 0 Å². The number of likely N-dealkylation sites (tertiary alicyclic amines) is 1. The lowest BCUT2D eigenvalue weighted by Gasteiger charge is -2.35.